The van der Waals surface area contributed by atoms with Gasteiger partial charge in [0.25, 0.3) is 5.56 Å². The molecule has 27 heavy (non-hydrogen) atoms. The number of carbonyl (C=O) groups is 1. The number of nitrogens with one attached hydrogen (secondary N) is 2. The fourth-order valence-corrected chi connectivity index (χ4v) is 3.71. The van der Waals surface area contributed by atoms with E-state index in [4.69, 9.17) is 5.26 Å². The van der Waals surface area contributed by atoms with Gasteiger partial charge in [-0.05, 0) is 43.7 Å². The summed E-state index contributed by atoms with van der Waals surface area (Å²) in [5, 5.41) is 11.4. The first-order chi connectivity index (χ1) is 12.8. The Morgan fingerprint density at radius 1 is 1.37 bits per heavy atom. The van der Waals surface area contributed by atoms with Gasteiger partial charge in [-0.15, -0.1) is 11.3 Å². The van der Waals surface area contributed by atoms with Crippen LogP contribution in [0.1, 0.15) is 34.5 Å². The molecule has 0 fully saturated rings. The minimum atomic E-state index is -0.600. The molecule has 2 aromatic heterocycles. The van der Waals surface area contributed by atoms with Gasteiger partial charge in [-0.1, -0.05) is 0 Å². The normalized spacial score (nSPS) is 12.0. The molecule has 1 amide bonds. The molecule has 0 unspecified atom stereocenters. The van der Waals surface area contributed by atoms with Gasteiger partial charge in [0.15, 0.2) is 5.13 Å². The van der Waals surface area contributed by atoms with E-state index in [-0.39, 0.29) is 17.5 Å². The van der Waals surface area contributed by atoms with Gasteiger partial charge in [-0.2, -0.15) is 9.65 Å². The minimum absolute atomic E-state index is 0.0695. The van der Waals surface area contributed by atoms with E-state index in [9.17, 15) is 18.4 Å². The third-order valence-corrected chi connectivity index (χ3v) is 5.43. The van der Waals surface area contributed by atoms with E-state index in [1.54, 1.807) is 19.9 Å². The fourth-order valence-electron chi connectivity index (χ4n) is 2.88. The van der Waals surface area contributed by atoms with Crippen LogP contribution in [0.4, 0.5) is 8.78 Å². The number of aromatic nitrogens is 1. The maximum absolute atomic E-state index is 13.5. The Bertz CT molecular complexity index is 1140. The molecule has 1 atom stereocenters. The molecule has 2 N–H and O–H groups in total. The van der Waals surface area contributed by atoms with E-state index in [1.807, 2.05) is 0 Å². The van der Waals surface area contributed by atoms with Crippen LogP contribution in [0.25, 0.3) is 10.9 Å². The Morgan fingerprint density at radius 3 is 2.78 bits per heavy atom. The fraction of sp³-hybridized carbons (Fsp3) is 0.211. The van der Waals surface area contributed by atoms with E-state index in [0.29, 0.717) is 21.3 Å². The van der Waals surface area contributed by atoms with Crippen molar-refractivity contribution in [2.45, 2.75) is 26.3 Å². The number of hydrogen-bond donors (Lipinski definition) is 2. The van der Waals surface area contributed by atoms with E-state index in [1.165, 1.54) is 24.3 Å². The second-order valence-electron chi connectivity index (χ2n) is 6.16. The largest absolute Gasteiger partial charge is 0.348 e. The molecule has 2 heterocycles. The lowest BCUT2D eigenvalue weighted by Gasteiger charge is -2.13. The number of hydrogen-bond acceptors (Lipinski definition) is 4. The van der Waals surface area contributed by atoms with Crippen LogP contribution in [0.3, 0.4) is 0 Å². The summed E-state index contributed by atoms with van der Waals surface area (Å²) in [6, 6.07) is 6.65. The Hall–Kier alpha value is -3.05. The Morgan fingerprint density at radius 2 is 2.11 bits per heavy atom. The van der Waals surface area contributed by atoms with Crippen LogP contribution in [0.5, 0.6) is 0 Å². The van der Waals surface area contributed by atoms with Crippen LogP contribution in [-0.2, 0) is 11.2 Å². The number of halogens is 2. The summed E-state index contributed by atoms with van der Waals surface area (Å²) in [6.07, 6.45) is -0.197. The second kappa shape index (κ2) is 7.29. The zero-order chi connectivity index (χ0) is 19.7. The number of amides is 1. The topological polar surface area (TPSA) is 85.8 Å². The average Bonchev–Trinajstić information content (AvgIpc) is 3.00. The highest BCUT2D eigenvalue weighted by atomic mass is 32.1. The third kappa shape index (κ3) is 3.73. The maximum atomic E-state index is 13.5. The molecule has 8 heteroatoms. The summed E-state index contributed by atoms with van der Waals surface area (Å²) in [7, 11) is 0. The number of aromatic amines is 1. The van der Waals surface area contributed by atoms with E-state index < -0.39 is 28.5 Å². The molecule has 0 aliphatic carbocycles. The van der Waals surface area contributed by atoms with Gasteiger partial charge in [-0.3, -0.25) is 9.59 Å². The lowest BCUT2D eigenvalue weighted by Crippen LogP contribution is -2.30. The smallest absolute Gasteiger partial charge is 0.252 e. The van der Waals surface area contributed by atoms with Gasteiger partial charge in [0.2, 0.25) is 5.91 Å². The van der Waals surface area contributed by atoms with Crippen molar-refractivity contribution in [3.05, 3.63) is 67.1 Å². The zero-order valence-electron chi connectivity index (χ0n) is 14.5. The lowest BCUT2D eigenvalue weighted by molar-refractivity contribution is -0.121. The van der Waals surface area contributed by atoms with E-state index in [0.717, 1.165) is 11.3 Å². The number of nitriles is 1. The van der Waals surface area contributed by atoms with Crippen molar-refractivity contribution in [2.75, 3.05) is 0 Å². The van der Waals surface area contributed by atoms with Crippen LogP contribution in [-0.4, -0.2) is 10.9 Å². The molecule has 0 aliphatic heterocycles. The molecule has 1 aromatic carbocycles. The molecule has 0 saturated carbocycles. The molecule has 138 valence electrons. The van der Waals surface area contributed by atoms with E-state index >= 15 is 0 Å². The highest BCUT2D eigenvalue weighted by molar-refractivity contribution is 7.10. The van der Waals surface area contributed by atoms with Gasteiger partial charge < -0.3 is 10.3 Å². The highest BCUT2D eigenvalue weighted by Crippen LogP contribution is 2.26. The molecule has 0 radical (unpaired) electrons. The molecular formula is C19H15F2N3O2S. The van der Waals surface area contributed by atoms with Gasteiger partial charge in [0, 0.05) is 21.3 Å². The molecule has 0 spiro atoms. The predicted octanol–water partition coefficient (Wildman–Crippen LogP) is 3.47. The molecule has 5 nitrogen and oxygen atoms in total. The number of fused-ring (bicyclic) bond motifs is 1. The van der Waals surface area contributed by atoms with Crippen molar-refractivity contribution < 1.29 is 13.6 Å². The maximum Gasteiger partial charge on any atom is 0.252 e. The SMILES string of the molecule is Cc1c(CC(=O)N[C@H](C)c2cc(C#N)c(F)s2)c(=O)[nH]c2ccc(F)cc12. The molecule has 0 bridgehead atoms. The minimum Gasteiger partial charge on any atom is -0.348 e. The van der Waals surface area contributed by atoms with Crippen molar-refractivity contribution in [3.8, 4) is 6.07 Å². The summed E-state index contributed by atoms with van der Waals surface area (Å²) in [5.41, 5.74) is 0.788. The number of pyridine rings is 1. The standard InChI is InChI=1S/C19H15F2N3O2S/c1-9-13-6-12(20)3-4-15(13)24-19(26)14(9)7-17(25)23-10(2)16-5-11(8-22)18(21)27-16/h3-6,10H,7H2,1-2H3,(H,23,25)(H,24,26)/t10-/m1/s1. The van der Waals surface area contributed by atoms with Crippen molar-refractivity contribution in [1.29, 1.82) is 5.26 Å². The summed E-state index contributed by atoms with van der Waals surface area (Å²) >= 11 is 0.792. The van der Waals surface area contributed by atoms with Crippen LogP contribution >= 0.6 is 11.3 Å². The average molecular weight is 387 g/mol. The van der Waals surface area contributed by atoms with Gasteiger partial charge in [0.1, 0.15) is 11.9 Å². The van der Waals surface area contributed by atoms with Crippen molar-refractivity contribution in [2.24, 2.45) is 0 Å². The molecular weight excluding hydrogens is 372 g/mol. The Balaban J connectivity index is 1.83. The first-order valence-corrected chi connectivity index (χ1v) is 8.91. The quantitative estimate of drug-likeness (QED) is 0.719. The summed E-state index contributed by atoms with van der Waals surface area (Å²) in [5.74, 6) is -0.867. The number of aryl methyl sites for hydroxylation is 1. The van der Waals surface area contributed by atoms with Crippen molar-refractivity contribution in [3.63, 3.8) is 0 Å². The van der Waals surface area contributed by atoms with Crippen molar-refractivity contribution in [1.82, 2.24) is 10.3 Å². The first-order valence-electron chi connectivity index (χ1n) is 8.10. The predicted molar refractivity (Wildman–Crippen MR) is 98.5 cm³/mol. The van der Waals surface area contributed by atoms with Crippen LogP contribution in [0, 0.1) is 29.2 Å². The highest BCUT2D eigenvalue weighted by Gasteiger charge is 2.18. The second-order valence-corrected chi connectivity index (χ2v) is 7.20. The van der Waals surface area contributed by atoms with Gasteiger partial charge in [-0.25, -0.2) is 4.39 Å². The van der Waals surface area contributed by atoms with Crippen LogP contribution in [0.2, 0.25) is 0 Å². The van der Waals surface area contributed by atoms with Crippen LogP contribution in [0.15, 0.2) is 29.1 Å². The molecule has 3 rings (SSSR count). The monoisotopic (exact) mass is 387 g/mol. The summed E-state index contributed by atoms with van der Waals surface area (Å²) < 4.78 is 27.1. The van der Waals surface area contributed by atoms with Crippen LogP contribution < -0.4 is 10.9 Å². The number of nitrogens with zero attached hydrogens (tertiary/aromatic N) is 1. The number of carbonyl (C=O) groups excluding carboxylic acids is 1. The first kappa shape index (κ1) is 18.7. The summed E-state index contributed by atoms with van der Waals surface area (Å²) in [4.78, 5) is 27.8. The number of H-pyrrole nitrogens is 1. The Kier molecular flexibility index (Phi) is 5.06. The molecule has 3 aromatic rings. The van der Waals surface area contributed by atoms with Gasteiger partial charge in [0.05, 0.1) is 18.0 Å². The third-order valence-electron chi connectivity index (χ3n) is 4.33. The summed E-state index contributed by atoms with van der Waals surface area (Å²) in [6.45, 7) is 3.33. The molecule has 0 aliphatic rings. The molecule has 0 saturated heterocycles. The number of benzene rings is 1. The lowest BCUT2D eigenvalue weighted by atomic mass is 10.0. The van der Waals surface area contributed by atoms with E-state index in [2.05, 4.69) is 10.3 Å². The van der Waals surface area contributed by atoms with Crippen molar-refractivity contribution >= 4 is 28.1 Å². The zero-order valence-corrected chi connectivity index (χ0v) is 15.3. The Labute approximate surface area is 157 Å². The van der Waals surface area contributed by atoms with Gasteiger partial charge >= 0.3 is 0 Å². The number of rotatable bonds is 4. The number of thiophene rings is 1.